The van der Waals surface area contributed by atoms with E-state index in [1.54, 1.807) is 14.0 Å². The van der Waals surface area contributed by atoms with Crippen molar-refractivity contribution in [1.82, 2.24) is 4.90 Å². The van der Waals surface area contributed by atoms with Gasteiger partial charge in [0, 0.05) is 19.2 Å². The molecule has 76 valence electrons. The third-order valence-corrected chi connectivity index (χ3v) is 1.76. The lowest BCUT2D eigenvalue weighted by Crippen LogP contribution is -2.29. The van der Waals surface area contributed by atoms with Crippen molar-refractivity contribution in [1.29, 1.82) is 0 Å². The van der Waals surface area contributed by atoms with E-state index in [1.165, 1.54) is 6.08 Å². The number of allylic oxidation sites excluding steroid dienone is 1. The van der Waals surface area contributed by atoms with Gasteiger partial charge in [-0.15, -0.1) is 0 Å². The fourth-order valence-electron chi connectivity index (χ4n) is 0.998. The Kier molecular flexibility index (Phi) is 5.58. The van der Waals surface area contributed by atoms with E-state index in [-0.39, 0.29) is 11.9 Å². The average molecular weight is 187 g/mol. The summed E-state index contributed by atoms with van der Waals surface area (Å²) in [4.78, 5) is 1.93. The average Bonchev–Trinajstić information content (AvgIpc) is 2.11. The van der Waals surface area contributed by atoms with Crippen LogP contribution in [0.2, 0.25) is 0 Å². The Hall–Kier alpha value is -0.670. The largest absolute Gasteiger partial charge is 0.375 e. The van der Waals surface area contributed by atoms with Crippen LogP contribution in [0.25, 0.3) is 0 Å². The number of hydrogen-bond donors (Lipinski definition) is 0. The minimum atomic E-state index is -0.297. The molecule has 0 heterocycles. The molecule has 0 N–H and O–H groups in total. The molecule has 0 radical (unpaired) electrons. The summed E-state index contributed by atoms with van der Waals surface area (Å²) in [5.74, 6) is -0.297. The molecule has 0 aromatic rings. The van der Waals surface area contributed by atoms with Crippen LogP contribution in [-0.4, -0.2) is 38.8 Å². The molecular weight excluding hydrogens is 169 g/mol. The molecule has 13 heavy (non-hydrogen) atoms. The van der Waals surface area contributed by atoms with E-state index in [1.807, 2.05) is 19.0 Å². The Morgan fingerprint density at radius 3 is 2.46 bits per heavy atom. The van der Waals surface area contributed by atoms with Gasteiger partial charge in [0.25, 0.3) is 0 Å². The quantitative estimate of drug-likeness (QED) is 0.610. The van der Waals surface area contributed by atoms with Crippen molar-refractivity contribution in [3.8, 4) is 0 Å². The van der Waals surface area contributed by atoms with Crippen LogP contribution in [0.15, 0.2) is 24.1 Å². The zero-order valence-corrected chi connectivity index (χ0v) is 8.80. The van der Waals surface area contributed by atoms with Gasteiger partial charge >= 0.3 is 0 Å². The number of rotatable bonds is 5. The lowest BCUT2D eigenvalue weighted by atomic mass is 10.1. The maximum atomic E-state index is 13.1. The number of methoxy groups -OCH3 is 1. The molecule has 0 saturated heterocycles. The highest BCUT2D eigenvalue weighted by Gasteiger charge is 2.15. The molecule has 1 atom stereocenters. The molecule has 0 saturated carbocycles. The van der Waals surface area contributed by atoms with Crippen LogP contribution < -0.4 is 0 Å². The fourth-order valence-corrected chi connectivity index (χ4v) is 0.998. The second-order valence-electron chi connectivity index (χ2n) is 3.15. The predicted octanol–water partition coefficient (Wildman–Crippen LogP) is 1.99. The molecule has 0 bridgehead atoms. The number of halogens is 1. The first-order valence-electron chi connectivity index (χ1n) is 4.21. The molecule has 0 rings (SSSR count). The second kappa shape index (κ2) is 5.89. The van der Waals surface area contributed by atoms with Crippen molar-refractivity contribution in [2.24, 2.45) is 0 Å². The van der Waals surface area contributed by atoms with Crippen molar-refractivity contribution < 1.29 is 9.13 Å². The fraction of sp³-hybridized carbons (Fsp3) is 0.600. The van der Waals surface area contributed by atoms with Crippen LogP contribution in [0.3, 0.4) is 0 Å². The van der Waals surface area contributed by atoms with Gasteiger partial charge in [-0.3, -0.25) is 0 Å². The van der Waals surface area contributed by atoms with Crippen molar-refractivity contribution in [2.75, 3.05) is 27.7 Å². The first kappa shape index (κ1) is 12.3. The Labute approximate surface area is 79.7 Å². The van der Waals surface area contributed by atoms with Crippen LogP contribution in [0.4, 0.5) is 4.39 Å². The van der Waals surface area contributed by atoms with E-state index in [0.717, 1.165) is 0 Å². The molecular formula is C10H18FNO. The monoisotopic (exact) mass is 187 g/mol. The van der Waals surface area contributed by atoms with E-state index in [2.05, 4.69) is 6.58 Å². The third-order valence-electron chi connectivity index (χ3n) is 1.76. The van der Waals surface area contributed by atoms with E-state index >= 15 is 0 Å². The highest BCUT2D eigenvalue weighted by Crippen LogP contribution is 2.16. The van der Waals surface area contributed by atoms with Crippen molar-refractivity contribution >= 4 is 0 Å². The summed E-state index contributed by atoms with van der Waals surface area (Å²) in [6.07, 6.45) is 1.12. The molecule has 0 amide bonds. The van der Waals surface area contributed by atoms with Gasteiger partial charge in [-0.25, -0.2) is 4.39 Å². The maximum absolute atomic E-state index is 13.1. The summed E-state index contributed by atoms with van der Waals surface area (Å²) in [6, 6.07) is 0. The second-order valence-corrected chi connectivity index (χ2v) is 3.15. The zero-order chi connectivity index (χ0) is 10.4. The molecule has 0 aliphatic carbocycles. The summed E-state index contributed by atoms with van der Waals surface area (Å²) in [5, 5.41) is 0. The summed E-state index contributed by atoms with van der Waals surface area (Å²) in [5.41, 5.74) is 0.402. The van der Waals surface area contributed by atoms with Crippen LogP contribution in [-0.2, 0) is 4.74 Å². The Bertz CT molecular complexity index is 199. The van der Waals surface area contributed by atoms with E-state index in [0.29, 0.717) is 12.1 Å². The highest BCUT2D eigenvalue weighted by atomic mass is 19.1. The van der Waals surface area contributed by atoms with Gasteiger partial charge in [0.15, 0.2) is 0 Å². The molecule has 0 unspecified atom stereocenters. The topological polar surface area (TPSA) is 12.5 Å². The van der Waals surface area contributed by atoms with Crippen LogP contribution in [0.1, 0.15) is 6.92 Å². The van der Waals surface area contributed by atoms with Gasteiger partial charge in [-0.05, 0) is 21.0 Å². The normalized spacial score (nSPS) is 14.8. The standard InChI is InChI=1S/C10H18FNO/c1-6-9(11)8(2)10(13-5)7-12(3)4/h6,10H,2,7H2,1,3-5H3/b9-6+/t10-/m0/s1. The van der Waals surface area contributed by atoms with E-state index in [4.69, 9.17) is 4.74 Å². The highest BCUT2D eigenvalue weighted by molar-refractivity contribution is 5.25. The van der Waals surface area contributed by atoms with Crippen LogP contribution >= 0.6 is 0 Å². The van der Waals surface area contributed by atoms with Crippen molar-refractivity contribution in [3.63, 3.8) is 0 Å². The number of nitrogens with zero attached hydrogens (tertiary/aromatic N) is 1. The third kappa shape index (κ3) is 4.20. The summed E-state index contributed by atoms with van der Waals surface area (Å²) < 4.78 is 18.2. The van der Waals surface area contributed by atoms with Crippen molar-refractivity contribution in [3.05, 3.63) is 24.1 Å². The first-order valence-corrected chi connectivity index (χ1v) is 4.21. The van der Waals surface area contributed by atoms with Crippen molar-refractivity contribution in [2.45, 2.75) is 13.0 Å². The predicted molar refractivity (Wildman–Crippen MR) is 53.4 cm³/mol. The van der Waals surface area contributed by atoms with E-state index < -0.39 is 0 Å². The van der Waals surface area contributed by atoms with Gasteiger partial charge < -0.3 is 9.64 Å². The molecule has 0 aliphatic heterocycles. The number of hydrogen-bond acceptors (Lipinski definition) is 2. The molecule has 3 heteroatoms. The molecule has 0 spiro atoms. The maximum Gasteiger partial charge on any atom is 0.124 e. The number of likely N-dealkylation sites (N-methyl/N-ethyl adjacent to an activating group) is 1. The smallest absolute Gasteiger partial charge is 0.124 e. The van der Waals surface area contributed by atoms with Gasteiger partial charge in [0.2, 0.25) is 0 Å². The number of ether oxygens (including phenoxy) is 1. The molecule has 0 aromatic heterocycles. The first-order chi connectivity index (χ1) is 6.02. The lowest BCUT2D eigenvalue weighted by molar-refractivity contribution is 0.105. The van der Waals surface area contributed by atoms with Crippen LogP contribution in [0, 0.1) is 0 Å². The molecule has 0 fully saturated rings. The Balaban J connectivity index is 4.32. The van der Waals surface area contributed by atoms with Gasteiger partial charge in [0.1, 0.15) is 5.83 Å². The van der Waals surface area contributed by atoms with Gasteiger partial charge in [-0.1, -0.05) is 12.7 Å². The minimum Gasteiger partial charge on any atom is -0.375 e. The van der Waals surface area contributed by atoms with Gasteiger partial charge in [0.05, 0.1) is 6.10 Å². The lowest BCUT2D eigenvalue weighted by Gasteiger charge is -2.20. The Morgan fingerprint density at radius 1 is 1.62 bits per heavy atom. The molecule has 0 aliphatic rings. The SMILES string of the molecule is C=C(/C(F)=C\C)[C@H](CN(C)C)OC. The van der Waals surface area contributed by atoms with E-state index in [9.17, 15) is 4.39 Å². The zero-order valence-electron chi connectivity index (χ0n) is 8.80. The summed E-state index contributed by atoms with van der Waals surface area (Å²) >= 11 is 0. The van der Waals surface area contributed by atoms with Gasteiger partial charge in [-0.2, -0.15) is 0 Å². The Morgan fingerprint density at radius 2 is 2.15 bits per heavy atom. The molecule has 2 nitrogen and oxygen atoms in total. The minimum absolute atomic E-state index is 0.272. The summed E-state index contributed by atoms with van der Waals surface area (Å²) in [6.45, 7) is 5.93. The van der Waals surface area contributed by atoms with Crippen LogP contribution in [0.5, 0.6) is 0 Å². The summed E-state index contributed by atoms with van der Waals surface area (Å²) in [7, 11) is 5.38. The molecule has 0 aromatic carbocycles.